The number of halogens is 1. The highest BCUT2D eigenvalue weighted by atomic mass is 35.5. The summed E-state index contributed by atoms with van der Waals surface area (Å²) in [6.45, 7) is 2.56. The molecule has 0 aromatic heterocycles. The quantitative estimate of drug-likeness (QED) is 0.100. The van der Waals surface area contributed by atoms with Gasteiger partial charge in [0.05, 0.1) is 19.9 Å². The average Bonchev–Trinajstić information content (AvgIpc) is 2.98. The monoisotopic (exact) mass is 558 g/mol. The van der Waals surface area contributed by atoms with Crippen molar-refractivity contribution in [2.24, 2.45) is 5.10 Å². The molecule has 0 aliphatic rings. The number of methoxy groups -OCH3 is 1. The average molecular weight is 559 g/mol. The van der Waals surface area contributed by atoms with Crippen LogP contribution in [-0.2, 0) is 6.61 Å². The Hall–Kier alpha value is -4.82. The number of carbonyl (C=O) groups is 2. The number of hydrogen-bond donors (Lipinski definition) is 1. The van der Waals surface area contributed by atoms with Gasteiger partial charge in [0.1, 0.15) is 23.7 Å². The normalized spacial score (nSPS) is 10.7. The molecule has 0 bridgehead atoms. The molecule has 0 saturated carbocycles. The van der Waals surface area contributed by atoms with Gasteiger partial charge in [-0.15, -0.1) is 0 Å². The number of carbonyl (C=O) groups excluding carboxylic acids is 2. The fourth-order valence-electron chi connectivity index (χ4n) is 3.61. The van der Waals surface area contributed by atoms with Gasteiger partial charge in [0.15, 0.2) is 11.5 Å². The van der Waals surface area contributed by atoms with Gasteiger partial charge >= 0.3 is 5.97 Å². The summed E-state index contributed by atoms with van der Waals surface area (Å²) in [6.07, 6.45) is 1.47. The molecule has 4 rings (SSSR count). The predicted molar refractivity (Wildman–Crippen MR) is 153 cm³/mol. The van der Waals surface area contributed by atoms with Crippen molar-refractivity contribution in [3.63, 3.8) is 0 Å². The first-order valence-corrected chi connectivity index (χ1v) is 12.8. The molecule has 204 valence electrons. The molecule has 0 saturated heterocycles. The molecular weight excluding hydrogens is 532 g/mol. The molecule has 1 N–H and O–H groups in total. The van der Waals surface area contributed by atoms with Crippen molar-refractivity contribution in [3.8, 4) is 23.0 Å². The van der Waals surface area contributed by atoms with Crippen molar-refractivity contribution in [2.75, 3.05) is 13.7 Å². The number of hydrogen-bond acceptors (Lipinski definition) is 7. The summed E-state index contributed by atoms with van der Waals surface area (Å²) < 4.78 is 22.2. The van der Waals surface area contributed by atoms with E-state index in [-0.39, 0.29) is 11.7 Å². The summed E-state index contributed by atoms with van der Waals surface area (Å²) >= 11 is 5.90. The second-order valence-corrected chi connectivity index (χ2v) is 8.80. The maximum Gasteiger partial charge on any atom is 0.347 e. The molecule has 4 aromatic carbocycles. The minimum absolute atomic E-state index is 0.248. The van der Waals surface area contributed by atoms with Crippen LogP contribution in [0.2, 0.25) is 5.02 Å². The van der Waals surface area contributed by atoms with Crippen molar-refractivity contribution in [3.05, 3.63) is 118 Å². The van der Waals surface area contributed by atoms with E-state index in [1.54, 1.807) is 78.9 Å². The van der Waals surface area contributed by atoms with Crippen molar-refractivity contribution < 1.29 is 28.5 Å². The van der Waals surface area contributed by atoms with E-state index < -0.39 is 5.97 Å². The molecule has 0 aliphatic heterocycles. The van der Waals surface area contributed by atoms with Gasteiger partial charge in [-0.3, -0.25) is 4.79 Å². The van der Waals surface area contributed by atoms with E-state index in [4.69, 9.17) is 30.5 Å². The second-order valence-electron chi connectivity index (χ2n) is 8.37. The van der Waals surface area contributed by atoms with Gasteiger partial charge in [-0.25, -0.2) is 10.2 Å². The van der Waals surface area contributed by atoms with Crippen LogP contribution in [0, 0.1) is 0 Å². The molecule has 0 heterocycles. The lowest BCUT2D eigenvalue weighted by atomic mass is 10.2. The summed E-state index contributed by atoms with van der Waals surface area (Å²) in [5, 5.41) is 4.71. The summed E-state index contributed by atoms with van der Waals surface area (Å²) in [7, 11) is 1.48. The zero-order chi connectivity index (χ0) is 28.3. The Morgan fingerprint density at radius 2 is 1.62 bits per heavy atom. The van der Waals surface area contributed by atoms with E-state index in [0.717, 1.165) is 5.56 Å². The van der Waals surface area contributed by atoms with Crippen LogP contribution < -0.4 is 24.4 Å². The summed E-state index contributed by atoms with van der Waals surface area (Å²) in [5.74, 6) is 0.684. The molecule has 0 unspecified atom stereocenters. The maximum absolute atomic E-state index is 12.7. The minimum atomic E-state index is -0.575. The highest BCUT2D eigenvalue weighted by Gasteiger charge is 2.17. The summed E-state index contributed by atoms with van der Waals surface area (Å²) in [4.78, 5) is 25.2. The van der Waals surface area contributed by atoms with Crippen LogP contribution in [0.4, 0.5) is 0 Å². The number of benzene rings is 4. The molecule has 1 amide bonds. The number of rotatable bonds is 11. The third kappa shape index (κ3) is 7.61. The first-order chi connectivity index (χ1) is 19.5. The molecule has 9 heteroatoms. The van der Waals surface area contributed by atoms with Crippen molar-refractivity contribution in [2.45, 2.75) is 13.5 Å². The van der Waals surface area contributed by atoms with Crippen LogP contribution in [0.3, 0.4) is 0 Å². The lowest BCUT2D eigenvalue weighted by Gasteiger charge is -2.12. The Balaban J connectivity index is 1.35. The third-order valence-electron chi connectivity index (χ3n) is 5.61. The number of nitrogens with one attached hydrogen (secondary N) is 1. The molecular formula is C31H27ClN2O6. The zero-order valence-corrected chi connectivity index (χ0v) is 22.7. The largest absolute Gasteiger partial charge is 0.496 e. The van der Waals surface area contributed by atoms with Gasteiger partial charge in [-0.05, 0) is 84.8 Å². The Morgan fingerprint density at radius 1 is 0.875 bits per heavy atom. The van der Waals surface area contributed by atoms with Crippen molar-refractivity contribution in [1.29, 1.82) is 0 Å². The van der Waals surface area contributed by atoms with Gasteiger partial charge in [-0.1, -0.05) is 35.9 Å². The van der Waals surface area contributed by atoms with Crippen LogP contribution in [0.1, 0.15) is 38.8 Å². The number of amides is 1. The lowest BCUT2D eigenvalue weighted by molar-refractivity contribution is 0.0724. The summed E-state index contributed by atoms with van der Waals surface area (Å²) in [6, 6.07) is 25.9. The first kappa shape index (κ1) is 28.2. The van der Waals surface area contributed by atoms with E-state index >= 15 is 0 Å². The lowest BCUT2D eigenvalue weighted by Crippen LogP contribution is -2.17. The van der Waals surface area contributed by atoms with Gasteiger partial charge in [0, 0.05) is 10.6 Å². The molecule has 40 heavy (non-hydrogen) atoms. The molecule has 0 fully saturated rings. The highest BCUT2D eigenvalue weighted by molar-refractivity contribution is 6.30. The molecule has 0 spiro atoms. The third-order valence-corrected chi connectivity index (χ3v) is 5.86. The Morgan fingerprint density at radius 3 is 2.35 bits per heavy atom. The van der Waals surface area contributed by atoms with Crippen LogP contribution in [0.5, 0.6) is 23.0 Å². The molecule has 8 nitrogen and oxygen atoms in total. The number of hydrazone groups is 1. The zero-order valence-electron chi connectivity index (χ0n) is 21.9. The summed E-state index contributed by atoms with van der Waals surface area (Å²) in [5.41, 5.74) is 4.83. The van der Waals surface area contributed by atoms with E-state index in [9.17, 15) is 9.59 Å². The second kappa shape index (κ2) is 13.8. The molecule has 0 atom stereocenters. The number of esters is 1. The van der Waals surface area contributed by atoms with Crippen LogP contribution >= 0.6 is 11.6 Å². The van der Waals surface area contributed by atoms with E-state index in [2.05, 4.69) is 10.5 Å². The van der Waals surface area contributed by atoms with E-state index in [0.29, 0.717) is 52.2 Å². The molecule has 0 aliphatic carbocycles. The highest BCUT2D eigenvalue weighted by Crippen LogP contribution is 2.30. The standard InChI is InChI=1S/C31H27ClN2O6/c1-3-38-29-18-22(10-17-28(29)40-31(36)26-6-4-5-7-27(26)37-2)19-33-34-30(35)23-11-15-25(16-12-23)39-20-21-8-13-24(32)14-9-21/h4-19H,3,20H2,1-2H3,(H,34,35). The van der Waals surface area contributed by atoms with E-state index in [1.165, 1.54) is 13.3 Å². The first-order valence-electron chi connectivity index (χ1n) is 12.4. The Bertz CT molecular complexity index is 1490. The number of ether oxygens (including phenoxy) is 4. The van der Waals surface area contributed by atoms with E-state index in [1.807, 2.05) is 19.1 Å². The minimum Gasteiger partial charge on any atom is -0.496 e. The number of nitrogens with zero attached hydrogens (tertiary/aromatic N) is 1. The van der Waals surface area contributed by atoms with Gasteiger partial charge in [0.25, 0.3) is 5.91 Å². The molecule has 0 radical (unpaired) electrons. The SMILES string of the molecule is CCOc1cc(C=NNC(=O)c2ccc(OCc3ccc(Cl)cc3)cc2)ccc1OC(=O)c1ccccc1OC. The maximum atomic E-state index is 12.7. The van der Waals surface area contributed by atoms with Gasteiger partial charge in [-0.2, -0.15) is 5.10 Å². The van der Waals surface area contributed by atoms with Crippen molar-refractivity contribution >= 4 is 29.7 Å². The fourth-order valence-corrected chi connectivity index (χ4v) is 3.73. The molecule has 4 aromatic rings. The van der Waals surface area contributed by atoms with Crippen LogP contribution in [-0.4, -0.2) is 31.8 Å². The topological polar surface area (TPSA) is 95.5 Å². The smallest absolute Gasteiger partial charge is 0.347 e. The predicted octanol–water partition coefficient (Wildman–Crippen LogP) is 6.31. The van der Waals surface area contributed by atoms with Gasteiger partial charge < -0.3 is 18.9 Å². The number of para-hydroxylation sites is 1. The Labute approximate surface area is 237 Å². The van der Waals surface area contributed by atoms with Crippen LogP contribution in [0.15, 0.2) is 96.1 Å². The van der Waals surface area contributed by atoms with Crippen molar-refractivity contribution in [1.82, 2.24) is 5.43 Å². The fraction of sp³-hybridized carbons (Fsp3) is 0.129. The van der Waals surface area contributed by atoms with Crippen LogP contribution in [0.25, 0.3) is 0 Å². The van der Waals surface area contributed by atoms with Gasteiger partial charge in [0.2, 0.25) is 0 Å². The Kier molecular flexibility index (Phi) is 9.74.